The van der Waals surface area contributed by atoms with Gasteiger partial charge in [0.2, 0.25) is 0 Å². The smallest absolute Gasteiger partial charge is 0.744 e. The predicted octanol–water partition coefficient (Wildman–Crippen LogP) is -11.8. The third-order valence-corrected chi connectivity index (χ3v) is 13.4. The predicted molar refractivity (Wildman–Crippen MR) is 346 cm³/mol. The summed E-state index contributed by atoms with van der Waals surface area (Å²) in [6.07, 6.45) is 0. The second-order valence-electron chi connectivity index (χ2n) is 15.4. The van der Waals surface area contributed by atoms with E-state index in [0.717, 1.165) is 72.8 Å². The molecule has 40 nitrogen and oxygen atoms in total. The van der Waals surface area contributed by atoms with Crippen LogP contribution in [0, 0.1) is 0 Å². The van der Waals surface area contributed by atoms with Crippen molar-refractivity contribution in [2.24, 2.45) is 91.7 Å². The Hall–Kier alpha value is -3.81. The first-order valence-corrected chi connectivity index (χ1v) is 32.9. The zero-order valence-corrected chi connectivity index (χ0v) is 58.5. The summed E-state index contributed by atoms with van der Waals surface area (Å²) in [6.45, 7) is 9.56. The summed E-state index contributed by atoms with van der Waals surface area (Å²) in [4.78, 5) is -2.46. The molecule has 0 spiro atoms. The van der Waals surface area contributed by atoms with E-state index in [4.69, 9.17) is 91.7 Å². The summed E-state index contributed by atoms with van der Waals surface area (Å²) >= 11 is 0. The normalized spacial score (nSPS) is 9.79. The molecule has 6 aromatic carbocycles. The van der Waals surface area contributed by atoms with Gasteiger partial charge < -0.3 is 152 Å². The van der Waals surface area contributed by atoms with Gasteiger partial charge in [0.15, 0.2) is 0 Å². The molecule has 95 heavy (non-hydrogen) atoms. The van der Waals surface area contributed by atoms with Crippen molar-refractivity contribution in [2.75, 3.05) is 105 Å². The minimum atomic E-state index is -4.56. The summed E-state index contributed by atoms with van der Waals surface area (Å²) in [7, 11) is -27.4. The summed E-state index contributed by atoms with van der Waals surface area (Å²) < 4.78 is 194. The molecule has 0 fully saturated rings. The SMILES string of the molecule is NCCN.NCCN.NCCN.NCCN.NCCN.NCCN.NCCN.NCCN.O.O.O.O.O.O.O=S(=O)([O-])c1ccc2cc(S(=O)(=O)[O-])ccc2c1.O=S(=O)([O-])c1ccc2cc(S(=O)(=O)[O-])ccc2c1.O=S(=O)([O-])c1ccc2cc(S(=O)(=O)[O-])ccc2c1.[Cu+2].[Ni+2].[Ni+2]. The average Bonchev–Trinajstić information content (AvgIpc) is 0.819. The molecule has 569 valence electrons. The van der Waals surface area contributed by atoms with Crippen molar-refractivity contribution < 1.29 is 161 Å². The summed E-state index contributed by atoms with van der Waals surface area (Å²) in [5.74, 6) is 0. The van der Waals surface area contributed by atoms with E-state index in [1.807, 2.05) is 0 Å². The van der Waals surface area contributed by atoms with Crippen LogP contribution in [0.3, 0.4) is 0 Å². The van der Waals surface area contributed by atoms with Gasteiger partial charge in [0, 0.05) is 105 Å². The van der Waals surface area contributed by atoms with Crippen molar-refractivity contribution in [3.63, 3.8) is 0 Å². The summed E-state index contributed by atoms with van der Waals surface area (Å²) in [5, 5.41) is 2.16. The van der Waals surface area contributed by atoms with Gasteiger partial charge >= 0.3 is 50.1 Å². The van der Waals surface area contributed by atoms with Crippen LogP contribution in [-0.2, 0) is 111 Å². The van der Waals surface area contributed by atoms with Crippen LogP contribution in [0.4, 0.5) is 0 Å². The van der Waals surface area contributed by atoms with Crippen LogP contribution in [0.2, 0.25) is 0 Å². The zero-order chi connectivity index (χ0) is 68.0. The van der Waals surface area contributed by atoms with E-state index in [1.165, 1.54) is 36.4 Å². The Bertz CT molecular complexity index is 2930. The fourth-order valence-electron chi connectivity index (χ4n) is 4.54. The monoisotopic (exact) mass is 1630 g/mol. The van der Waals surface area contributed by atoms with Gasteiger partial charge in [0.05, 0.1) is 29.4 Å². The molecule has 0 aliphatic rings. The van der Waals surface area contributed by atoms with Crippen molar-refractivity contribution in [1.29, 1.82) is 0 Å². The van der Waals surface area contributed by atoms with E-state index in [-0.39, 0.29) is 82.9 Å². The Kier molecular flexibility index (Phi) is 90.0. The fourth-order valence-corrected chi connectivity index (χ4v) is 7.57. The van der Waals surface area contributed by atoms with Gasteiger partial charge in [-0.15, -0.1) is 0 Å². The van der Waals surface area contributed by atoms with Crippen molar-refractivity contribution in [2.45, 2.75) is 29.4 Å². The van der Waals surface area contributed by atoms with E-state index < -0.39 is 90.1 Å². The van der Waals surface area contributed by atoms with E-state index >= 15 is 0 Å². The molecule has 0 atom stereocenters. The Balaban J connectivity index is -0.0000000678. The molecule has 0 unspecified atom stereocenters. The van der Waals surface area contributed by atoms with Gasteiger partial charge in [-0.3, -0.25) is 0 Å². The molecule has 0 saturated heterocycles. The van der Waals surface area contributed by atoms with Gasteiger partial charge in [0.1, 0.15) is 60.7 Å². The molecule has 44 N–H and O–H groups in total. The van der Waals surface area contributed by atoms with E-state index in [9.17, 15) is 77.8 Å². The van der Waals surface area contributed by atoms with E-state index in [1.54, 1.807) is 0 Å². The zero-order valence-electron chi connectivity index (χ0n) is 50.7. The first-order valence-electron chi connectivity index (χ1n) is 24.4. The number of benzene rings is 6. The van der Waals surface area contributed by atoms with Crippen LogP contribution in [-0.4, -0.2) is 215 Å². The summed E-state index contributed by atoms with van der Waals surface area (Å²) in [5.41, 5.74) is 78.4. The van der Waals surface area contributed by atoms with Crippen LogP contribution in [0.1, 0.15) is 0 Å². The minimum absolute atomic E-state index is 0. The third kappa shape index (κ3) is 62.2. The second-order valence-corrected chi connectivity index (χ2v) is 23.6. The molecule has 0 heterocycles. The number of nitrogens with two attached hydrogens (primary N) is 16. The molecule has 0 aromatic heterocycles. The van der Waals surface area contributed by atoms with E-state index in [2.05, 4.69) is 0 Å². The van der Waals surface area contributed by atoms with Crippen LogP contribution in [0.5, 0.6) is 0 Å². The molecular formula is C46H94CuN16Ni2O24S6. The largest absolute Gasteiger partial charge is 2.00 e. The Morgan fingerprint density at radius 1 is 0.200 bits per heavy atom. The van der Waals surface area contributed by atoms with Gasteiger partial charge in [-0.1, -0.05) is 36.4 Å². The quantitative estimate of drug-likeness (QED) is 0.0356. The topological polar surface area (TPSA) is 949 Å². The molecule has 0 amide bonds. The van der Waals surface area contributed by atoms with E-state index in [0.29, 0.717) is 137 Å². The maximum Gasteiger partial charge on any atom is 2.00 e. The van der Waals surface area contributed by atoms with Gasteiger partial charge in [-0.2, -0.15) is 0 Å². The molecule has 6 aromatic rings. The fraction of sp³-hybridized carbons (Fsp3) is 0.348. The van der Waals surface area contributed by atoms with Gasteiger partial charge in [-0.25, -0.2) is 50.5 Å². The minimum Gasteiger partial charge on any atom is -0.744 e. The number of hydrogen-bond donors (Lipinski definition) is 16. The van der Waals surface area contributed by atoms with Crippen LogP contribution in [0.15, 0.2) is 139 Å². The Morgan fingerprint density at radius 3 is 0.326 bits per heavy atom. The molecule has 0 saturated carbocycles. The van der Waals surface area contributed by atoms with Crippen LogP contribution < -0.4 is 91.7 Å². The van der Waals surface area contributed by atoms with Gasteiger partial charge in [0.25, 0.3) is 0 Å². The molecule has 49 heteroatoms. The number of rotatable bonds is 14. The second kappa shape index (κ2) is 68.7. The van der Waals surface area contributed by atoms with Crippen molar-refractivity contribution in [3.05, 3.63) is 109 Å². The van der Waals surface area contributed by atoms with Gasteiger partial charge in [-0.05, 0) is 105 Å². The third-order valence-electron chi connectivity index (χ3n) is 8.41. The van der Waals surface area contributed by atoms with Crippen molar-refractivity contribution in [3.8, 4) is 0 Å². The Morgan fingerprint density at radius 2 is 0.274 bits per heavy atom. The first kappa shape index (κ1) is 124. The van der Waals surface area contributed by atoms with Crippen molar-refractivity contribution in [1.82, 2.24) is 0 Å². The average molecular weight is 1630 g/mol. The van der Waals surface area contributed by atoms with Crippen LogP contribution >= 0.6 is 0 Å². The standard InChI is InChI=1S/3C10H8O6S2.8C2H8N2.Cu.2Ni.6H2O/c3*11-17(12,13)9-3-1-7-5-10(18(14,15)16)4-2-8(7)6-9;8*3-1-2-4;;;;;;;;;/h3*1-6H,(H,11,12,13)(H,14,15,16);8*1-4H2;;;;6*1H2/q;;;;;;;;;;;3*+2;;;;;;/p-6. The molecule has 6 rings (SSSR count). The number of fused-ring (bicyclic) bond motifs is 3. The number of hydrogen-bond acceptors (Lipinski definition) is 34. The molecule has 1 radical (unpaired) electrons. The molecule has 0 bridgehead atoms. The van der Waals surface area contributed by atoms with Crippen LogP contribution in [0.25, 0.3) is 32.3 Å². The summed E-state index contributed by atoms with van der Waals surface area (Å²) in [6, 6.07) is 20.7. The van der Waals surface area contributed by atoms with Crippen molar-refractivity contribution >= 4 is 93.0 Å². The Labute approximate surface area is 584 Å². The maximum absolute atomic E-state index is 10.8. The first-order chi connectivity index (χ1) is 39.8. The molecular weight excluding hydrogens is 1530 g/mol. The molecule has 0 aliphatic heterocycles. The maximum atomic E-state index is 10.8. The molecule has 0 aliphatic carbocycles.